The van der Waals surface area contributed by atoms with Crippen molar-refractivity contribution < 1.29 is 18.7 Å². The number of carbonyl (C=O) groups is 1. The minimum absolute atomic E-state index is 0.157. The zero-order chi connectivity index (χ0) is 11.5. The van der Waals surface area contributed by atoms with E-state index in [0.717, 1.165) is 6.92 Å². The predicted molar refractivity (Wildman–Crippen MR) is 52.0 cm³/mol. The lowest BCUT2D eigenvalue weighted by Gasteiger charge is -2.32. The molecule has 0 amide bonds. The normalized spacial score (nSPS) is 20.5. The number of likely N-dealkylation sites (tertiary alicyclic amines) is 1. The first-order chi connectivity index (χ1) is 6.87. The van der Waals surface area contributed by atoms with E-state index in [1.54, 1.807) is 4.90 Å². The molecule has 1 N–H and O–H groups in total. The Kier molecular flexibility index (Phi) is 4.02. The van der Waals surface area contributed by atoms with Crippen LogP contribution < -0.4 is 0 Å². The second-order valence-corrected chi connectivity index (χ2v) is 4.39. The van der Waals surface area contributed by atoms with Crippen LogP contribution in [0, 0.1) is 5.92 Å². The van der Waals surface area contributed by atoms with Gasteiger partial charge in [0.2, 0.25) is 0 Å². The summed E-state index contributed by atoms with van der Waals surface area (Å²) in [6.45, 7) is 1.87. The van der Waals surface area contributed by atoms with E-state index >= 15 is 0 Å². The summed E-state index contributed by atoms with van der Waals surface area (Å²) in [6.07, 6.45) is 1.58. The molecule has 0 spiro atoms. The molecule has 0 aliphatic carbocycles. The highest BCUT2D eigenvalue weighted by Crippen LogP contribution is 2.23. The first-order valence-corrected chi connectivity index (χ1v) is 5.19. The maximum absolute atomic E-state index is 12.7. The molecule has 5 heteroatoms. The van der Waals surface area contributed by atoms with Crippen molar-refractivity contribution >= 4 is 5.97 Å². The standard InChI is InChI=1S/C10H17F2NO2/c1-10(11,12)7-13-4-2-8(3-5-13)6-9(14)15/h8H,2-7H2,1H3,(H,14,15). The van der Waals surface area contributed by atoms with Gasteiger partial charge in [0.25, 0.3) is 5.92 Å². The summed E-state index contributed by atoms with van der Waals surface area (Å²) < 4.78 is 25.4. The Hall–Kier alpha value is -0.710. The number of carboxylic acid groups (broad SMARTS) is 1. The number of halogens is 2. The number of nitrogens with zero attached hydrogens (tertiary/aromatic N) is 1. The van der Waals surface area contributed by atoms with Crippen LogP contribution in [0.4, 0.5) is 8.78 Å². The highest BCUT2D eigenvalue weighted by atomic mass is 19.3. The van der Waals surface area contributed by atoms with Crippen LogP contribution in [0.3, 0.4) is 0 Å². The quantitative estimate of drug-likeness (QED) is 0.787. The molecule has 1 aliphatic heterocycles. The van der Waals surface area contributed by atoms with Crippen LogP contribution in [0.1, 0.15) is 26.2 Å². The molecule has 0 aromatic carbocycles. The topological polar surface area (TPSA) is 40.5 Å². The van der Waals surface area contributed by atoms with Gasteiger partial charge in [0.05, 0.1) is 6.54 Å². The largest absolute Gasteiger partial charge is 0.481 e. The molecule has 3 nitrogen and oxygen atoms in total. The van der Waals surface area contributed by atoms with E-state index in [0.29, 0.717) is 25.9 Å². The molecule has 0 unspecified atom stereocenters. The summed E-state index contributed by atoms with van der Waals surface area (Å²) in [4.78, 5) is 12.2. The van der Waals surface area contributed by atoms with Gasteiger partial charge in [-0.25, -0.2) is 8.78 Å². The van der Waals surface area contributed by atoms with E-state index in [1.165, 1.54) is 0 Å². The van der Waals surface area contributed by atoms with Gasteiger partial charge < -0.3 is 5.11 Å². The van der Waals surface area contributed by atoms with Crippen molar-refractivity contribution in [2.75, 3.05) is 19.6 Å². The zero-order valence-electron chi connectivity index (χ0n) is 8.88. The molecule has 1 aliphatic rings. The van der Waals surface area contributed by atoms with Gasteiger partial charge in [0.15, 0.2) is 0 Å². The summed E-state index contributed by atoms with van der Waals surface area (Å²) in [6, 6.07) is 0. The maximum Gasteiger partial charge on any atom is 0.303 e. The molecule has 1 heterocycles. The Morgan fingerprint density at radius 2 is 2.00 bits per heavy atom. The van der Waals surface area contributed by atoms with Gasteiger partial charge in [-0.15, -0.1) is 0 Å². The van der Waals surface area contributed by atoms with E-state index < -0.39 is 11.9 Å². The van der Waals surface area contributed by atoms with Gasteiger partial charge in [0.1, 0.15) is 0 Å². The number of rotatable bonds is 4. The third kappa shape index (κ3) is 5.06. The number of hydrogen-bond acceptors (Lipinski definition) is 2. The Morgan fingerprint density at radius 1 is 1.47 bits per heavy atom. The van der Waals surface area contributed by atoms with Crippen LogP contribution in [0.5, 0.6) is 0 Å². The van der Waals surface area contributed by atoms with Crippen molar-refractivity contribution in [1.29, 1.82) is 0 Å². The van der Waals surface area contributed by atoms with Gasteiger partial charge >= 0.3 is 5.97 Å². The molecule has 0 aromatic heterocycles. The smallest absolute Gasteiger partial charge is 0.303 e. The number of carboxylic acids is 1. The lowest BCUT2D eigenvalue weighted by molar-refractivity contribution is -0.138. The fourth-order valence-electron chi connectivity index (χ4n) is 1.99. The first-order valence-electron chi connectivity index (χ1n) is 5.19. The third-order valence-corrected chi connectivity index (χ3v) is 2.67. The van der Waals surface area contributed by atoms with Crippen LogP contribution in [-0.4, -0.2) is 41.5 Å². The second-order valence-electron chi connectivity index (χ2n) is 4.39. The average Bonchev–Trinajstić information content (AvgIpc) is 2.05. The summed E-state index contributed by atoms with van der Waals surface area (Å²) >= 11 is 0. The van der Waals surface area contributed by atoms with E-state index in [-0.39, 0.29) is 18.9 Å². The summed E-state index contributed by atoms with van der Waals surface area (Å²) in [5.74, 6) is -3.29. The van der Waals surface area contributed by atoms with E-state index in [2.05, 4.69) is 0 Å². The van der Waals surface area contributed by atoms with Crippen LogP contribution in [0.15, 0.2) is 0 Å². The molecule has 0 radical (unpaired) electrons. The molecule has 0 bridgehead atoms. The van der Waals surface area contributed by atoms with Crippen molar-refractivity contribution in [3.8, 4) is 0 Å². The monoisotopic (exact) mass is 221 g/mol. The number of hydrogen-bond donors (Lipinski definition) is 1. The Labute approximate surface area is 88.1 Å². The minimum Gasteiger partial charge on any atom is -0.481 e. The first kappa shape index (κ1) is 12.4. The fourth-order valence-corrected chi connectivity index (χ4v) is 1.99. The second kappa shape index (κ2) is 4.88. The molecular weight excluding hydrogens is 204 g/mol. The fraction of sp³-hybridized carbons (Fsp3) is 0.900. The summed E-state index contributed by atoms with van der Waals surface area (Å²) in [5, 5.41) is 8.58. The Morgan fingerprint density at radius 3 is 2.40 bits per heavy atom. The van der Waals surface area contributed by atoms with Crippen molar-refractivity contribution in [2.24, 2.45) is 5.92 Å². The number of aliphatic carboxylic acids is 1. The zero-order valence-corrected chi connectivity index (χ0v) is 8.88. The molecule has 0 atom stereocenters. The van der Waals surface area contributed by atoms with Gasteiger partial charge in [-0.05, 0) is 31.8 Å². The van der Waals surface area contributed by atoms with Crippen molar-refractivity contribution in [3.63, 3.8) is 0 Å². The Bertz CT molecular complexity index is 220. The molecule has 1 rings (SSSR count). The molecule has 1 fully saturated rings. The van der Waals surface area contributed by atoms with Gasteiger partial charge in [-0.1, -0.05) is 0 Å². The van der Waals surface area contributed by atoms with E-state index in [9.17, 15) is 13.6 Å². The highest BCUT2D eigenvalue weighted by molar-refractivity contribution is 5.67. The van der Waals surface area contributed by atoms with Crippen LogP contribution in [0.2, 0.25) is 0 Å². The predicted octanol–water partition coefficient (Wildman–Crippen LogP) is 1.83. The third-order valence-electron chi connectivity index (χ3n) is 2.67. The van der Waals surface area contributed by atoms with Crippen molar-refractivity contribution in [2.45, 2.75) is 32.1 Å². The van der Waals surface area contributed by atoms with Crippen LogP contribution >= 0.6 is 0 Å². The van der Waals surface area contributed by atoms with Crippen molar-refractivity contribution in [3.05, 3.63) is 0 Å². The van der Waals surface area contributed by atoms with E-state index in [4.69, 9.17) is 5.11 Å². The lowest BCUT2D eigenvalue weighted by Crippen LogP contribution is -2.40. The molecule has 15 heavy (non-hydrogen) atoms. The summed E-state index contributed by atoms with van der Waals surface area (Å²) in [5.41, 5.74) is 0. The SMILES string of the molecule is CC(F)(F)CN1CCC(CC(=O)O)CC1. The van der Waals surface area contributed by atoms with Gasteiger partial charge in [0, 0.05) is 13.3 Å². The van der Waals surface area contributed by atoms with Gasteiger partial charge in [-0.2, -0.15) is 0 Å². The molecular formula is C10H17F2NO2. The lowest BCUT2D eigenvalue weighted by atomic mass is 9.93. The van der Waals surface area contributed by atoms with Crippen LogP contribution in [-0.2, 0) is 4.79 Å². The minimum atomic E-state index is -2.65. The molecule has 0 aromatic rings. The molecule has 88 valence electrons. The number of alkyl halides is 2. The molecule has 0 saturated carbocycles. The Balaban J connectivity index is 2.27. The summed E-state index contributed by atoms with van der Waals surface area (Å²) in [7, 11) is 0. The molecule has 1 saturated heterocycles. The highest BCUT2D eigenvalue weighted by Gasteiger charge is 2.28. The van der Waals surface area contributed by atoms with Crippen molar-refractivity contribution in [1.82, 2.24) is 4.90 Å². The number of piperidine rings is 1. The van der Waals surface area contributed by atoms with Crippen LogP contribution in [0.25, 0.3) is 0 Å². The average molecular weight is 221 g/mol. The van der Waals surface area contributed by atoms with Gasteiger partial charge in [-0.3, -0.25) is 9.69 Å². The van der Waals surface area contributed by atoms with E-state index in [1.807, 2.05) is 0 Å². The maximum atomic E-state index is 12.7.